The molecule has 1 aromatic carbocycles. The Morgan fingerprint density at radius 1 is 1.16 bits per heavy atom. The summed E-state index contributed by atoms with van der Waals surface area (Å²) in [6.07, 6.45) is 16.4. The highest BCUT2D eigenvalue weighted by Gasteiger charge is 2.38. The number of rotatable bonds is 2. The van der Waals surface area contributed by atoms with Crippen LogP contribution in [0.3, 0.4) is 0 Å². The molecule has 4 rings (SSSR count). The van der Waals surface area contributed by atoms with Crippen molar-refractivity contribution in [2.75, 3.05) is 16.8 Å². The van der Waals surface area contributed by atoms with Gasteiger partial charge in [0, 0.05) is 0 Å². The lowest BCUT2D eigenvalue weighted by Gasteiger charge is -2.15. The topological polar surface area (TPSA) is 78.6 Å². The van der Waals surface area contributed by atoms with Gasteiger partial charge in [-0.2, -0.15) is 0 Å². The van der Waals surface area contributed by atoms with E-state index in [-0.39, 0.29) is 5.75 Å². The van der Waals surface area contributed by atoms with E-state index in [2.05, 4.69) is 32.0 Å². The molecule has 0 radical (unpaired) electrons. The molecule has 3 aliphatic rings. The van der Waals surface area contributed by atoms with Gasteiger partial charge >= 0.3 is 0 Å². The normalized spacial score (nSPS) is 17.1. The summed E-state index contributed by atoms with van der Waals surface area (Å²) in [6.45, 7) is 13.1. The van der Waals surface area contributed by atoms with E-state index < -0.39 is 5.91 Å². The second-order valence-corrected chi connectivity index (χ2v) is 7.83. The maximum absolute atomic E-state index is 11.7. The Balaban J connectivity index is 0.000000357. The van der Waals surface area contributed by atoms with E-state index in [1.807, 2.05) is 44.7 Å². The van der Waals surface area contributed by atoms with Gasteiger partial charge in [0.05, 0.1) is 17.8 Å². The zero-order chi connectivity index (χ0) is 24.4. The van der Waals surface area contributed by atoms with Crippen LogP contribution in [-0.4, -0.2) is 17.6 Å². The number of carbonyl (C=O) groups excluding carboxylic acids is 1. The van der Waals surface area contributed by atoms with Gasteiger partial charge in [0.25, 0.3) is 5.91 Å². The van der Waals surface area contributed by atoms with E-state index in [9.17, 15) is 9.90 Å². The van der Waals surface area contributed by atoms with Crippen LogP contribution >= 0.6 is 0 Å². The van der Waals surface area contributed by atoms with Crippen LogP contribution in [0.5, 0.6) is 5.75 Å². The number of fused-ring (bicyclic) bond motifs is 3. The Hall–Kier alpha value is -3.13. The predicted molar refractivity (Wildman–Crippen MR) is 136 cm³/mol. The number of nitrogens with one attached hydrogen (secondary N) is 1. The molecule has 0 aromatic heterocycles. The van der Waals surface area contributed by atoms with E-state index in [1.54, 1.807) is 17.2 Å². The number of hydrogen-bond acceptors (Lipinski definition) is 4. The lowest BCUT2D eigenvalue weighted by Crippen LogP contribution is -2.19. The zero-order valence-electron chi connectivity index (χ0n) is 20.5. The fourth-order valence-corrected chi connectivity index (χ4v) is 4.11. The largest absolute Gasteiger partial charge is 0.506 e. The van der Waals surface area contributed by atoms with Crippen LogP contribution in [-0.2, 0) is 4.79 Å². The molecule has 1 aliphatic carbocycles. The molecule has 0 saturated heterocycles. The van der Waals surface area contributed by atoms with Crippen molar-refractivity contribution in [2.24, 2.45) is 5.73 Å². The standard InChI is InChI=1S/C15H17N3O2.C8H14.C2H6.C2H2/c1-3-4-9-7-18-13-8(2)5-6-10(19)12(13)17-15(18)11(9)14(16)20;1-7-5-3-4-6-8(7)2;2*1-2/h4-6,17,19H,3,7H2,1-2H3,(H2,16,20);3-6H2,1-2H3;1-2H3;1-2H/b9-4-;;;. The smallest absolute Gasteiger partial charge is 0.252 e. The molecule has 0 unspecified atom stereocenters. The van der Waals surface area contributed by atoms with E-state index in [1.165, 1.54) is 25.7 Å². The van der Waals surface area contributed by atoms with Crippen molar-refractivity contribution in [3.05, 3.63) is 51.9 Å². The third-order valence-corrected chi connectivity index (χ3v) is 5.81. The first-order chi connectivity index (χ1) is 15.3. The minimum absolute atomic E-state index is 0.178. The molecular weight excluding hydrogens is 398 g/mol. The summed E-state index contributed by atoms with van der Waals surface area (Å²) in [7, 11) is 0. The third kappa shape index (κ3) is 5.76. The Morgan fingerprint density at radius 3 is 2.19 bits per heavy atom. The average molecular weight is 438 g/mol. The van der Waals surface area contributed by atoms with Gasteiger partial charge in [0.2, 0.25) is 0 Å². The van der Waals surface area contributed by atoms with Crippen molar-refractivity contribution in [2.45, 2.75) is 73.6 Å². The summed E-state index contributed by atoms with van der Waals surface area (Å²) in [4.78, 5) is 13.8. The number of primary amides is 1. The second kappa shape index (κ2) is 12.7. The number of anilines is 2. The predicted octanol–water partition coefficient (Wildman–Crippen LogP) is 6.15. The lowest BCUT2D eigenvalue weighted by molar-refractivity contribution is -0.114. The molecule has 5 heteroatoms. The van der Waals surface area contributed by atoms with Crippen LogP contribution in [0.25, 0.3) is 0 Å². The summed E-state index contributed by atoms with van der Waals surface area (Å²) < 4.78 is 0. The molecule has 5 nitrogen and oxygen atoms in total. The first-order valence-corrected chi connectivity index (χ1v) is 11.4. The van der Waals surface area contributed by atoms with E-state index >= 15 is 0 Å². The first-order valence-electron chi connectivity index (χ1n) is 11.4. The molecular formula is C27H39N3O2. The van der Waals surface area contributed by atoms with Crippen LogP contribution < -0.4 is 16.0 Å². The monoisotopic (exact) mass is 437 g/mol. The van der Waals surface area contributed by atoms with E-state index in [0.717, 1.165) is 23.2 Å². The van der Waals surface area contributed by atoms with Gasteiger partial charge in [-0.25, -0.2) is 0 Å². The molecule has 0 spiro atoms. The lowest BCUT2D eigenvalue weighted by atomic mass is 9.94. The Kier molecular flexibility index (Phi) is 10.6. The van der Waals surface area contributed by atoms with Crippen molar-refractivity contribution in [3.63, 3.8) is 0 Å². The van der Waals surface area contributed by atoms with Gasteiger partial charge in [-0.05, 0) is 70.1 Å². The first kappa shape index (κ1) is 26.9. The van der Waals surface area contributed by atoms with Gasteiger partial charge in [0.15, 0.2) is 0 Å². The van der Waals surface area contributed by atoms with Crippen molar-refractivity contribution in [1.82, 2.24) is 0 Å². The number of phenols is 1. The number of nitrogens with zero attached hydrogens (tertiary/aromatic N) is 1. The fraction of sp³-hybridized carbons (Fsp3) is 0.444. The van der Waals surface area contributed by atoms with Crippen LogP contribution in [0.1, 0.15) is 72.3 Å². The summed E-state index contributed by atoms with van der Waals surface area (Å²) in [5, 5.41) is 13.1. The van der Waals surface area contributed by atoms with Crippen molar-refractivity contribution in [1.29, 1.82) is 0 Å². The number of phenolic OH excluding ortho intramolecular Hbond substituents is 1. The molecule has 0 bridgehead atoms. The number of aryl methyl sites for hydroxylation is 1. The maximum atomic E-state index is 11.7. The fourth-order valence-electron chi connectivity index (χ4n) is 4.11. The van der Waals surface area contributed by atoms with Crippen LogP contribution in [0.2, 0.25) is 0 Å². The number of allylic oxidation sites excluding steroid dienone is 3. The molecule has 4 N–H and O–H groups in total. The van der Waals surface area contributed by atoms with Crippen molar-refractivity contribution in [3.8, 4) is 18.6 Å². The highest BCUT2D eigenvalue weighted by Crippen LogP contribution is 2.48. The summed E-state index contributed by atoms with van der Waals surface area (Å²) >= 11 is 0. The number of nitrogens with two attached hydrogens (primary N) is 1. The number of carbonyl (C=O) groups is 1. The number of aromatic hydroxyl groups is 1. The number of benzene rings is 1. The molecule has 1 aromatic rings. The molecule has 1 amide bonds. The Bertz CT molecular complexity index is 922. The highest BCUT2D eigenvalue weighted by atomic mass is 16.3. The molecule has 174 valence electrons. The van der Waals surface area contributed by atoms with E-state index in [0.29, 0.717) is 23.6 Å². The number of hydrogen-bond donors (Lipinski definition) is 3. The molecule has 32 heavy (non-hydrogen) atoms. The summed E-state index contributed by atoms with van der Waals surface area (Å²) in [5.41, 5.74) is 12.9. The summed E-state index contributed by atoms with van der Waals surface area (Å²) in [6, 6.07) is 3.51. The minimum Gasteiger partial charge on any atom is -0.506 e. The van der Waals surface area contributed by atoms with Gasteiger partial charge < -0.3 is 21.1 Å². The molecule has 0 atom stereocenters. The van der Waals surface area contributed by atoms with Gasteiger partial charge in [-0.15, -0.1) is 12.8 Å². The average Bonchev–Trinajstić information content (AvgIpc) is 3.33. The quantitative estimate of drug-likeness (QED) is 0.294. The molecule has 0 saturated carbocycles. The maximum Gasteiger partial charge on any atom is 0.252 e. The van der Waals surface area contributed by atoms with Gasteiger partial charge in [0.1, 0.15) is 17.3 Å². The second-order valence-electron chi connectivity index (χ2n) is 7.83. The highest BCUT2D eigenvalue weighted by molar-refractivity contribution is 6.03. The van der Waals surface area contributed by atoms with Gasteiger partial charge in [-0.1, -0.05) is 44.1 Å². The SMILES string of the molecule is C#C.CC.CC/C=C1/CN2C(=C1C(N)=O)Nc1c(O)ccc(C)c12.CC1=C(C)CCCC1. The van der Waals surface area contributed by atoms with Crippen molar-refractivity contribution < 1.29 is 9.90 Å². The minimum atomic E-state index is -0.445. The number of amides is 1. The summed E-state index contributed by atoms with van der Waals surface area (Å²) in [5.74, 6) is 0.411. The number of terminal acetylenes is 1. The van der Waals surface area contributed by atoms with Crippen LogP contribution in [0.4, 0.5) is 11.4 Å². The molecule has 2 aliphatic heterocycles. The Labute approximate surface area is 194 Å². The third-order valence-electron chi connectivity index (χ3n) is 5.81. The van der Waals surface area contributed by atoms with E-state index in [4.69, 9.17) is 5.73 Å². The van der Waals surface area contributed by atoms with Crippen molar-refractivity contribution >= 4 is 17.3 Å². The van der Waals surface area contributed by atoms with Crippen LogP contribution in [0.15, 0.2) is 46.3 Å². The Morgan fingerprint density at radius 2 is 1.72 bits per heavy atom. The molecule has 0 fully saturated rings. The van der Waals surface area contributed by atoms with Gasteiger partial charge in [-0.3, -0.25) is 4.79 Å². The van der Waals surface area contributed by atoms with Crippen LogP contribution in [0, 0.1) is 19.8 Å². The molecule has 2 heterocycles. The zero-order valence-corrected chi connectivity index (χ0v) is 20.5.